The van der Waals surface area contributed by atoms with Crippen LogP contribution in [0.3, 0.4) is 0 Å². The van der Waals surface area contributed by atoms with E-state index in [1.54, 1.807) is 0 Å². The maximum absolute atomic E-state index is 12.4. The molecule has 3 atom stereocenters. The first-order valence-corrected chi connectivity index (χ1v) is 8.34. The molecular formula is C20H26O2. The molecule has 2 nitrogen and oxygen atoms in total. The van der Waals surface area contributed by atoms with E-state index in [4.69, 9.17) is 0 Å². The van der Waals surface area contributed by atoms with Crippen molar-refractivity contribution in [3.05, 3.63) is 48.6 Å². The number of ketones is 2. The molecule has 1 aromatic rings. The molecule has 118 valence electrons. The summed E-state index contributed by atoms with van der Waals surface area (Å²) in [6.45, 7) is 5.54. The first-order chi connectivity index (χ1) is 10.6. The maximum Gasteiger partial charge on any atom is 0.155 e. The number of allylic oxidation sites excluding steroid dienone is 1. The Kier molecular flexibility index (Phi) is 6.11. The Morgan fingerprint density at radius 3 is 2.73 bits per heavy atom. The quantitative estimate of drug-likeness (QED) is 0.600. The van der Waals surface area contributed by atoms with Gasteiger partial charge in [-0.2, -0.15) is 0 Å². The Hall–Kier alpha value is -1.70. The number of hydrogen-bond donors (Lipinski definition) is 0. The van der Waals surface area contributed by atoms with Gasteiger partial charge in [0.1, 0.15) is 5.78 Å². The highest BCUT2D eigenvalue weighted by Gasteiger charge is 2.43. The largest absolute Gasteiger partial charge is 0.299 e. The first-order valence-electron chi connectivity index (χ1n) is 8.34. The van der Waals surface area contributed by atoms with Crippen molar-refractivity contribution in [2.45, 2.75) is 45.4 Å². The first kappa shape index (κ1) is 16.7. The van der Waals surface area contributed by atoms with Crippen molar-refractivity contribution >= 4 is 11.6 Å². The smallest absolute Gasteiger partial charge is 0.155 e. The molecule has 3 unspecified atom stereocenters. The highest BCUT2D eigenvalue weighted by molar-refractivity contribution is 5.89. The van der Waals surface area contributed by atoms with E-state index in [1.165, 1.54) is 11.6 Å². The van der Waals surface area contributed by atoms with Crippen LogP contribution in [0.4, 0.5) is 0 Å². The highest BCUT2D eigenvalue weighted by Crippen LogP contribution is 2.44. The SMILES string of the molecule is C=CC(=O)CCC1CC1C(=O)C(C)CCCc1ccccc1. The summed E-state index contributed by atoms with van der Waals surface area (Å²) in [7, 11) is 0. The Balaban J connectivity index is 1.65. The Labute approximate surface area is 133 Å². The molecule has 0 spiro atoms. The molecule has 1 fully saturated rings. The summed E-state index contributed by atoms with van der Waals surface area (Å²) in [6, 6.07) is 10.4. The predicted octanol–water partition coefficient (Wildman–Crippen LogP) is 4.39. The third kappa shape index (κ3) is 4.94. The van der Waals surface area contributed by atoms with Gasteiger partial charge in [-0.15, -0.1) is 0 Å². The van der Waals surface area contributed by atoms with Crippen molar-refractivity contribution in [2.75, 3.05) is 0 Å². The highest BCUT2D eigenvalue weighted by atomic mass is 16.1. The normalized spacial score (nSPS) is 21.1. The standard InChI is InChI=1S/C20H26O2/c1-3-18(21)13-12-17-14-19(17)20(22)15(2)8-7-11-16-9-5-4-6-10-16/h3-6,9-10,15,17,19H,1,7-8,11-14H2,2H3. The van der Waals surface area contributed by atoms with Gasteiger partial charge in [-0.3, -0.25) is 9.59 Å². The van der Waals surface area contributed by atoms with Gasteiger partial charge in [0.05, 0.1) is 0 Å². The van der Waals surface area contributed by atoms with E-state index in [0.29, 0.717) is 18.1 Å². The van der Waals surface area contributed by atoms with Crippen LogP contribution >= 0.6 is 0 Å². The number of aryl methyl sites for hydroxylation is 1. The zero-order valence-corrected chi connectivity index (χ0v) is 13.5. The van der Waals surface area contributed by atoms with Gasteiger partial charge in [0.25, 0.3) is 0 Å². The third-order valence-electron chi connectivity index (χ3n) is 4.71. The maximum atomic E-state index is 12.4. The molecule has 2 rings (SSSR count). The summed E-state index contributed by atoms with van der Waals surface area (Å²) < 4.78 is 0. The van der Waals surface area contributed by atoms with E-state index in [2.05, 4.69) is 37.8 Å². The van der Waals surface area contributed by atoms with Gasteiger partial charge in [-0.25, -0.2) is 0 Å². The van der Waals surface area contributed by atoms with Crippen LogP contribution in [0.1, 0.15) is 44.6 Å². The molecule has 0 amide bonds. The molecule has 0 aliphatic heterocycles. The van der Waals surface area contributed by atoms with Gasteiger partial charge >= 0.3 is 0 Å². The summed E-state index contributed by atoms with van der Waals surface area (Å²) >= 11 is 0. The molecule has 1 saturated carbocycles. The minimum absolute atomic E-state index is 0.0917. The molecule has 0 aromatic heterocycles. The van der Waals surface area contributed by atoms with E-state index >= 15 is 0 Å². The molecule has 1 aromatic carbocycles. The Morgan fingerprint density at radius 1 is 1.32 bits per heavy atom. The summed E-state index contributed by atoms with van der Waals surface area (Å²) in [5.41, 5.74) is 1.34. The molecule has 1 aliphatic carbocycles. The molecule has 0 saturated heterocycles. The van der Waals surface area contributed by atoms with Crippen LogP contribution in [0.2, 0.25) is 0 Å². The van der Waals surface area contributed by atoms with Gasteiger partial charge in [0, 0.05) is 18.3 Å². The molecule has 1 aliphatic rings. The number of carbonyl (C=O) groups is 2. The van der Waals surface area contributed by atoms with Crippen LogP contribution in [0.25, 0.3) is 0 Å². The topological polar surface area (TPSA) is 34.1 Å². The lowest BCUT2D eigenvalue weighted by Crippen LogP contribution is -2.14. The van der Waals surface area contributed by atoms with Crippen LogP contribution in [-0.4, -0.2) is 11.6 Å². The molecule has 22 heavy (non-hydrogen) atoms. The van der Waals surface area contributed by atoms with Crippen molar-refractivity contribution in [3.63, 3.8) is 0 Å². The number of rotatable bonds is 10. The van der Waals surface area contributed by atoms with Gasteiger partial charge < -0.3 is 0 Å². The molecule has 2 heteroatoms. The van der Waals surface area contributed by atoms with Gasteiger partial charge in [0.2, 0.25) is 0 Å². The van der Waals surface area contributed by atoms with E-state index in [9.17, 15) is 9.59 Å². The Morgan fingerprint density at radius 2 is 2.05 bits per heavy atom. The monoisotopic (exact) mass is 298 g/mol. The second-order valence-electron chi connectivity index (χ2n) is 6.49. The average molecular weight is 298 g/mol. The molecule has 0 radical (unpaired) electrons. The minimum atomic E-state index is 0.0917. The zero-order chi connectivity index (χ0) is 15.9. The summed E-state index contributed by atoms with van der Waals surface area (Å²) in [5.74, 6) is 1.30. The van der Waals surface area contributed by atoms with E-state index in [1.807, 2.05) is 6.07 Å². The number of carbonyl (C=O) groups excluding carboxylic acids is 2. The fourth-order valence-electron chi connectivity index (χ4n) is 3.11. The van der Waals surface area contributed by atoms with Crippen LogP contribution in [0, 0.1) is 17.8 Å². The van der Waals surface area contributed by atoms with E-state index < -0.39 is 0 Å². The van der Waals surface area contributed by atoms with Gasteiger partial charge in [-0.1, -0.05) is 43.8 Å². The van der Waals surface area contributed by atoms with Gasteiger partial charge in [0.15, 0.2) is 5.78 Å². The van der Waals surface area contributed by atoms with Crippen LogP contribution in [-0.2, 0) is 16.0 Å². The lowest BCUT2D eigenvalue weighted by molar-refractivity contribution is -0.124. The number of Topliss-reactive ketones (excluding diaryl/α,β-unsaturated/α-hetero) is 1. The lowest BCUT2D eigenvalue weighted by Gasteiger charge is -2.10. The van der Waals surface area contributed by atoms with Crippen LogP contribution in [0.5, 0.6) is 0 Å². The van der Waals surface area contributed by atoms with Crippen molar-refractivity contribution in [1.82, 2.24) is 0 Å². The van der Waals surface area contributed by atoms with E-state index in [0.717, 1.165) is 32.1 Å². The van der Waals surface area contributed by atoms with Crippen LogP contribution in [0.15, 0.2) is 43.0 Å². The van der Waals surface area contributed by atoms with Crippen molar-refractivity contribution in [2.24, 2.45) is 17.8 Å². The average Bonchev–Trinajstić information content (AvgIpc) is 3.32. The second-order valence-corrected chi connectivity index (χ2v) is 6.49. The zero-order valence-electron chi connectivity index (χ0n) is 13.5. The van der Waals surface area contributed by atoms with Crippen molar-refractivity contribution in [1.29, 1.82) is 0 Å². The predicted molar refractivity (Wildman–Crippen MR) is 89.6 cm³/mol. The number of hydrogen-bond acceptors (Lipinski definition) is 2. The lowest BCUT2D eigenvalue weighted by atomic mass is 9.94. The summed E-state index contributed by atoms with van der Waals surface area (Å²) in [4.78, 5) is 23.6. The van der Waals surface area contributed by atoms with Crippen molar-refractivity contribution in [3.8, 4) is 0 Å². The fourth-order valence-corrected chi connectivity index (χ4v) is 3.11. The fraction of sp³-hybridized carbons (Fsp3) is 0.500. The molecule has 0 bridgehead atoms. The number of benzene rings is 1. The summed E-state index contributed by atoms with van der Waals surface area (Å²) in [6.07, 6.45) is 6.81. The van der Waals surface area contributed by atoms with Gasteiger partial charge in [-0.05, 0) is 49.7 Å². The minimum Gasteiger partial charge on any atom is -0.299 e. The summed E-state index contributed by atoms with van der Waals surface area (Å²) in [5, 5.41) is 0. The third-order valence-corrected chi connectivity index (χ3v) is 4.71. The molecule has 0 N–H and O–H groups in total. The molecule has 0 heterocycles. The molecular weight excluding hydrogens is 272 g/mol. The second kappa shape index (κ2) is 8.07. The van der Waals surface area contributed by atoms with Crippen molar-refractivity contribution < 1.29 is 9.59 Å². The Bertz CT molecular complexity index is 518. The van der Waals surface area contributed by atoms with Crippen LogP contribution < -0.4 is 0 Å². The van der Waals surface area contributed by atoms with E-state index in [-0.39, 0.29) is 17.6 Å².